The minimum atomic E-state index is -1.05. The molecule has 234 valence electrons. The Morgan fingerprint density at radius 2 is 1.48 bits per heavy atom. The van der Waals surface area contributed by atoms with Crippen LogP contribution in [0.2, 0.25) is 0 Å². The lowest BCUT2D eigenvalue weighted by Gasteiger charge is -2.45. The first-order valence-electron chi connectivity index (χ1n) is 14.7. The summed E-state index contributed by atoms with van der Waals surface area (Å²) in [5.41, 5.74) is 1.18. The van der Waals surface area contributed by atoms with E-state index >= 15 is 0 Å². The lowest BCUT2D eigenvalue weighted by atomic mass is 9.67. The van der Waals surface area contributed by atoms with Crippen LogP contribution in [0.1, 0.15) is 44.2 Å². The summed E-state index contributed by atoms with van der Waals surface area (Å²) >= 11 is 0. The number of nitrogens with zero attached hydrogens (tertiary/aromatic N) is 2. The van der Waals surface area contributed by atoms with Gasteiger partial charge in [0.1, 0.15) is 23.4 Å². The molecule has 9 nitrogen and oxygen atoms in total. The van der Waals surface area contributed by atoms with E-state index in [-0.39, 0.29) is 35.7 Å². The highest BCUT2D eigenvalue weighted by Crippen LogP contribution is 2.43. The van der Waals surface area contributed by atoms with Gasteiger partial charge in [-0.3, -0.25) is 19.3 Å². The van der Waals surface area contributed by atoms with Crippen LogP contribution in [0.15, 0.2) is 66.7 Å². The summed E-state index contributed by atoms with van der Waals surface area (Å²) in [6.07, 6.45) is 0.690. The molecular formula is C34H40FN3O6. The summed E-state index contributed by atoms with van der Waals surface area (Å²) in [6.45, 7) is 2.17. The largest absolute Gasteiger partial charge is 0.508 e. The number of Topliss-reactive ketones (excluding diaryl/α,β-unsaturated/α-hetero) is 2. The van der Waals surface area contributed by atoms with Gasteiger partial charge in [-0.15, -0.1) is 0 Å². The molecule has 0 saturated carbocycles. The Kier molecular flexibility index (Phi) is 10.9. The van der Waals surface area contributed by atoms with Crippen molar-refractivity contribution in [3.63, 3.8) is 0 Å². The molecule has 1 amide bonds. The van der Waals surface area contributed by atoms with Gasteiger partial charge in [0.15, 0.2) is 11.6 Å². The van der Waals surface area contributed by atoms with E-state index in [0.29, 0.717) is 24.1 Å². The van der Waals surface area contributed by atoms with Crippen molar-refractivity contribution in [1.82, 2.24) is 15.1 Å². The number of aliphatic hydroxyl groups excluding tert-OH is 1. The molecular weight excluding hydrogens is 565 g/mol. The molecule has 3 atom stereocenters. The van der Waals surface area contributed by atoms with Crippen molar-refractivity contribution in [2.75, 3.05) is 46.9 Å². The van der Waals surface area contributed by atoms with E-state index in [2.05, 4.69) is 5.32 Å². The zero-order valence-electron chi connectivity index (χ0n) is 25.2. The molecule has 1 heterocycles. The van der Waals surface area contributed by atoms with Gasteiger partial charge in [-0.05, 0) is 75.4 Å². The molecule has 0 aromatic heterocycles. The number of piperidine rings is 1. The zero-order chi connectivity index (χ0) is 32.0. The van der Waals surface area contributed by atoms with Gasteiger partial charge in [-0.2, -0.15) is 0 Å². The Bertz CT molecular complexity index is 1430. The van der Waals surface area contributed by atoms with E-state index in [1.165, 1.54) is 36.4 Å². The number of carbonyl (C=O) groups is 3. The second-order valence-electron chi connectivity index (χ2n) is 11.6. The van der Waals surface area contributed by atoms with E-state index in [0.717, 1.165) is 6.54 Å². The number of halogens is 1. The Labute approximate surface area is 256 Å². The van der Waals surface area contributed by atoms with Gasteiger partial charge in [-0.1, -0.05) is 36.4 Å². The minimum absolute atomic E-state index is 0.00469. The molecule has 4 rings (SSSR count). The second-order valence-corrected chi connectivity index (χ2v) is 11.6. The maximum Gasteiger partial charge on any atom is 0.239 e. The first-order chi connectivity index (χ1) is 21.0. The number of rotatable bonds is 12. The average molecular weight is 606 g/mol. The van der Waals surface area contributed by atoms with E-state index < -0.39 is 53.7 Å². The third-order valence-corrected chi connectivity index (χ3v) is 8.33. The molecule has 1 unspecified atom stereocenters. The molecule has 1 aliphatic rings. The molecule has 3 aromatic rings. The first kappa shape index (κ1) is 32.8. The van der Waals surface area contributed by atoms with Gasteiger partial charge < -0.3 is 25.5 Å². The summed E-state index contributed by atoms with van der Waals surface area (Å²) in [7, 11) is 3.85. The lowest BCUT2D eigenvalue weighted by molar-refractivity contribution is -0.129. The first-order valence-corrected chi connectivity index (χ1v) is 14.7. The molecule has 1 fully saturated rings. The number of ketones is 2. The van der Waals surface area contributed by atoms with Crippen molar-refractivity contribution in [3.8, 4) is 11.5 Å². The number of aliphatic hydroxyl groups is 1. The average Bonchev–Trinajstić information content (AvgIpc) is 3.00. The number of phenolic OH excluding ortho intramolecular Hbond substituents is 2. The highest BCUT2D eigenvalue weighted by atomic mass is 19.1. The third-order valence-electron chi connectivity index (χ3n) is 8.33. The minimum Gasteiger partial charge on any atom is -0.508 e. The van der Waals surface area contributed by atoms with Crippen molar-refractivity contribution in [3.05, 3.63) is 94.8 Å². The molecule has 10 heteroatoms. The van der Waals surface area contributed by atoms with Crippen LogP contribution < -0.4 is 5.32 Å². The summed E-state index contributed by atoms with van der Waals surface area (Å²) in [6, 6.07) is 15.2. The van der Waals surface area contributed by atoms with Crippen molar-refractivity contribution in [1.29, 1.82) is 0 Å². The number of amides is 1. The Morgan fingerprint density at radius 1 is 0.932 bits per heavy atom. The molecule has 4 N–H and O–H groups in total. The van der Waals surface area contributed by atoms with E-state index in [9.17, 15) is 34.1 Å². The fourth-order valence-electron chi connectivity index (χ4n) is 6.09. The number of aromatic hydroxyl groups is 2. The van der Waals surface area contributed by atoms with Crippen molar-refractivity contribution < 1.29 is 34.1 Å². The number of hydrogen-bond donors (Lipinski definition) is 4. The van der Waals surface area contributed by atoms with E-state index in [1.54, 1.807) is 42.2 Å². The van der Waals surface area contributed by atoms with Crippen LogP contribution >= 0.6 is 0 Å². The summed E-state index contributed by atoms with van der Waals surface area (Å²) in [5, 5.41) is 33.6. The number of hydrogen-bond acceptors (Lipinski definition) is 8. The third kappa shape index (κ3) is 7.50. The molecule has 1 saturated heterocycles. The lowest BCUT2D eigenvalue weighted by Crippen LogP contribution is -2.58. The molecule has 3 aromatic carbocycles. The smallest absolute Gasteiger partial charge is 0.239 e. The molecule has 0 bridgehead atoms. The summed E-state index contributed by atoms with van der Waals surface area (Å²) < 4.78 is 15.0. The van der Waals surface area contributed by atoms with Crippen LogP contribution in [-0.4, -0.2) is 95.5 Å². The van der Waals surface area contributed by atoms with Crippen LogP contribution in [-0.2, 0) is 4.79 Å². The zero-order valence-corrected chi connectivity index (χ0v) is 25.2. The van der Waals surface area contributed by atoms with E-state index in [4.69, 9.17) is 0 Å². The number of carbonyl (C=O) groups excluding carboxylic acids is 3. The number of phenols is 2. The predicted molar refractivity (Wildman–Crippen MR) is 164 cm³/mol. The van der Waals surface area contributed by atoms with Crippen LogP contribution in [0.25, 0.3) is 0 Å². The Balaban J connectivity index is 1.81. The van der Waals surface area contributed by atoms with Gasteiger partial charge >= 0.3 is 0 Å². The van der Waals surface area contributed by atoms with E-state index in [1.807, 2.05) is 19.0 Å². The summed E-state index contributed by atoms with van der Waals surface area (Å²) in [5.74, 6) is -4.64. The van der Waals surface area contributed by atoms with Crippen LogP contribution in [0, 0.1) is 24.6 Å². The quantitative estimate of drug-likeness (QED) is 0.183. The van der Waals surface area contributed by atoms with Crippen LogP contribution in [0.3, 0.4) is 0 Å². The van der Waals surface area contributed by atoms with Gasteiger partial charge in [-0.25, -0.2) is 4.39 Å². The van der Waals surface area contributed by atoms with Gasteiger partial charge in [0.25, 0.3) is 0 Å². The molecule has 0 radical (unpaired) electrons. The second kappa shape index (κ2) is 14.6. The van der Waals surface area contributed by atoms with Crippen LogP contribution in [0.5, 0.6) is 11.5 Å². The monoisotopic (exact) mass is 605 g/mol. The van der Waals surface area contributed by atoms with Crippen LogP contribution in [0.4, 0.5) is 4.39 Å². The fourth-order valence-corrected chi connectivity index (χ4v) is 6.09. The maximum atomic E-state index is 15.0. The standard InChI is InChI=1S/C34H40FN3O6/c1-21-26(12-6-13-29(21)35)31-27(32(42)22-8-4-10-24(40)16-22)18-38(30(20-39)34(44)36-14-7-15-37(2)3)19-28(31)33(43)23-9-5-11-25(41)17-23/h4-6,8-13,16-17,27-28,30-31,39-41H,7,14-15,18-20H2,1-3H3,(H,36,44)/t27-,28-,30?/m0/s1. The van der Waals surface area contributed by atoms with Gasteiger partial charge in [0.05, 0.1) is 6.61 Å². The molecule has 44 heavy (non-hydrogen) atoms. The predicted octanol–water partition coefficient (Wildman–Crippen LogP) is 3.37. The SMILES string of the molecule is Cc1c(F)cccc1C1[C@@H](C(=O)c2cccc(O)c2)CN(C(CO)C(=O)NCCCN(C)C)C[C@@H]1C(=O)c1cccc(O)c1. The van der Waals surface area contributed by atoms with Crippen molar-refractivity contribution in [2.24, 2.45) is 11.8 Å². The van der Waals surface area contributed by atoms with Crippen molar-refractivity contribution in [2.45, 2.75) is 25.3 Å². The molecule has 0 spiro atoms. The fraction of sp³-hybridized carbons (Fsp3) is 0.382. The van der Waals surface area contributed by atoms with Gasteiger partial charge in [0, 0.05) is 48.5 Å². The Morgan fingerprint density at radius 3 is 1.98 bits per heavy atom. The number of benzene rings is 3. The van der Waals surface area contributed by atoms with Crippen molar-refractivity contribution >= 4 is 17.5 Å². The number of nitrogens with one attached hydrogen (secondary N) is 1. The summed E-state index contributed by atoms with van der Waals surface area (Å²) in [4.78, 5) is 45.5. The highest BCUT2D eigenvalue weighted by Gasteiger charge is 2.47. The maximum absolute atomic E-state index is 15.0. The number of likely N-dealkylation sites (tertiary alicyclic amines) is 1. The topological polar surface area (TPSA) is 130 Å². The van der Waals surface area contributed by atoms with Gasteiger partial charge in [0.2, 0.25) is 5.91 Å². The molecule has 1 aliphatic heterocycles. The highest BCUT2D eigenvalue weighted by molar-refractivity contribution is 6.02. The molecule has 0 aliphatic carbocycles. The Hall–Kier alpha value is -4.12. The normalized spacial score (nSPS) is 18.2.